The molecule has 1 N–H and O–H groups in total. The van der Waals surface area contributed by atoms with Crippen molar-refractivity contribution in [2.24, 2.45) is 0 Å². The first-order chi connectivity index (χ1) is 13.5. The summed E-state index contributed by atoms with van der Waals surface area (Å²) in [4.78, 5) is 29.1. The lowest BCUT2D eigenvalue weighted by Crippen LogP contribution is -2.47. The molecule has 2 aliphatic heterocycles. The molecule has 0 bridgehead atoms. The molecular formula is C22H21ClN2O3. The van der Waals surface area contributed by atoms with Crippen molar-refractivity contribution in [2.75, 3.05) is 13.1 Å². The van der Waals surface area contributed by atoms with Crippen LogP contribution in [0.5, 0.6) is 0 Å². The average Bonchev–Trinajstić information content (AvgIpc) is 2.93. The van der Waals surface area contributed by atoms with Gasteiger partial charge in [0.15, 0.2) is 5.76 Å². The molecule has 2 aliphatic rings. The first-order valence-corrected chi connectivity index (χ1v) is 9.75. The molecule has 144 valence electrons. The van der Waals surface area contributed by atoms with Crippen LogP contribution in [0.3, 0.4) is 0 Å². The fraction of sp³-hybridized carbons (Fsp3) is 0.273. The predicted octanol–water partition coefficient (Wildman–Crippen LogP) is 3.64. The van der Waals surface area contributed by atoms with Crippen molar-refractivity contribution >= 4 is 29.0 Å². The molecule has 2 aromatic carbocycles. The highest BCUT2D eigenvalue weighted by atomic mass is 35.5. The van der Waals surface area contributed by atoms with Crippen LogP contribution in [0.15, 0.2) is 60.4 Å². The van der Waals surface area contributed by atoms with Gasteiger partial charge in [-0.25, -0.2) is 0 Å². The van der Waals surface area contributed by atoms with Crippen molar-refractivity contribution in [3.05, 3.63) is 76.5 Å². The second-order valence-corrected chi connectivity index (χ2v) is 7.64. The third kappa shape index (κ3) is 3.55. The highest BCUT2D eigenvalue weighted by Crippen LogP contribution is 2.32. The van der Waals surface area contributed by atoms with Crippen molar-refractivity contribution < 1.29 is 14.7 Å². The van der Waals surface area contributed by atoms with E-state index >= 15 is 0 Å². The standard InChI is InChI=1S/C22H21ClN2O3/c23-17-8-6-16(7-9-17)19-20(26)22(28)25(21(19)27)18-10-12-24(13-11-18)14-15-4-2-1-3-5-15/h1-9,18,26H,10-14H2. The van der Waals surface area contributed by atoms with Crippen LogP contribution in [0.2, 0.25) is 5.02 Å². The lowest BCUT2D eigenvalue weighted by atomic mass is 10.0. The molecule has 5 nitrogen and oxygen atoms in total. The summed E-state index contributed by atoms with van der Waals surface area (Å²) in [6.45, 7) is 2.45. The van der Waals surface area contributed by atoms with E-state index in [4.69, 9.17) is 11.6 Å². The number of nitrogens with zero attached hydrogens (tertiary/aromatic N) is 2. The summed E-state index contributed by atoms with van der Waals surface area (Å²) in [5, 5.41) is 10.9. The highest BCUT2D eigenvalue weighted by molar-refractivity contribution is 6.35. The number of aliphatic hydroxyl groups is 1. The van der Waals surface area contributed by atoms with Gasteiger partial charge in [-0.3, -0.25) is 19.4 Å². The van der Waals surface area contributed by atoms with Crippen molar-refractivity contribution in [1.82, 2.24) is 9.80 Å². The number of carbonyl (C=O) groups is 2. The number of amides is 2. The van der Waals surface area contributed by atoms with Gasteiger partial charge in [-0.1, -0.05) is 54.1 Å². The topological polar surface area (TPSA) is 60.9 Å². The summed E-state index contributed by atoms with van der Waals surface area (Å²) in [5.74, 6) is -1.50. The molecule has 2 amide bonds. The first-order valence-electron chi connectivity index (χ1n) is 9.38. The number of likely N-dealkylation sites (tertiary alicyclic amines) is 1. The van der Waals surface area contributed by atoms with Crippen LogP contribution in [0.1, 0.15) is 24.0 Å². The Morgan fingerprint density at radius 1 is 0.929 bits per heavy atom. The van der Waals surface area contributed by atoms with Gasteiger partial charge in [0.1, 0.15) is 0 Å². The molecule has 0 aromatic heterocycles. The Morgan fingerprint density at radius 2 is 1.57 bits per heavy atom. The maximum absolute atomic E-state index is 12.9. The number of piperidine rings is 1. The zero-order valence-electron chi connectivity index (χ0n) is 15.3. The predicted molar refractivity (Wildman–Crippen MR) is 108 cm³/mol. The van der Waals surface area contributed by atoms with Gasteiger partial charge in [0.2, 0.25) is 0 Å². The number of hydrogen-bond donors (Lipinski definition) is 1. The second kappa shape index (κ2) is 7.78. The highest BCUT2D eigenvalue weighted by Gasteiger charge is 2.43. The van der Waals surface area contributed by atoms with E-state index in [0.717, 1.165) is 19.6 Å². The van der Waals surface area contributed by atoms with E-state index in [1.807, 2.05) is 18.2 Å². The lowest BCUT2D eigenvalue weighted by Gasteiger charge is -2.35. The fourth-order valence-corrected chi connectivity index (χ4v) is 4.05. The number of rotatable bonds is 4. The van der Waals surface area contributed by atoms with Crippen LogP contribution in [-0.4, -0.2) is 45.9 Å². The number of benzene rings is 2. The van der Waals surface area contributed by atoms with Gasteiger partial charge in [-0.15, -0.1) is 0 Å². The van der Waals surface area contributed by atoms with Crippen molar-refractivity contribution in [3.8, 4) is 0 Å². The van der Waals surface area contributed by atoms with Crippen molar-refractivity contribution in [1.29, 1.82) is 0 Å². The van der Waals surface area contributed by atoms with Crippen LogP contribution in [-0.2, 0) is 16.1 Å². The summed E-state index contributed by atoms with van der Waals surface area (Å²) in [5.41, 5.74) is 1.82. The summed E-state index contributed by atoms with van der Waals surface area (Å²) in [6.07, 6.45) is 1.40. The Labute approximate surface area is 168 Å². The molecule has 28 heavy (non-hydrogen) atoms. The van der Waals surface area contributed by atoms with Crippen LogP contribution in [0, 0.1) is 0 Å². The van der Waals surface area contributed by atoms with Crippen molar-refractivity contribution in [3.63, 3.8) is 0 Å². The summed E-state index contributed by atoms with van der Waals surface area (Å²) >= 11 is 5.90. The maximum Gasteiger partial charge on any atom is 0.296 e. The molecule has 4 rings (SSSR count). The number of carbonyl (C=O) groups excluding carboxylic acids is 2. The first kappa shape index (κ1) is 18.7. The molecular weight excluding hydrogens is 376 g/mol. The Kier molecular flexibility index (Phi) is 5.20. The summed E-state index contributed by atoms with van der Waals surface area (Å²) < 4.78 is 0. The Bertz CT molecular complexity index is 917. The normalized spacial score (nSPS) is 19.0. The van der Waals surface area contributed by atoms with E-state index in [-0.39, 0.29) is 11.6 Å². The van der Waals surface area contributed by atoms with E-state index in [1.165, 1.54) is 10.5 Å². The van der Waals surface area contributed by atoms with Gasteiger partial charge >= 0.3 is 0 Å². The van der Waals surface area contributed by atoms with Gasteiger partial charge in [0.25, 0.3) is 11.8 Å². The minimum absolute atomic E-state index is 0.0633. The SMILES string of the molecule is O=C1C(O)=C(c2ccc(Cl)cc2)C(=O)N1C1CCN(Cc2ccccc2)CC1. The number of imide groups is 1. The summed E-state index contributed by atoms with van der Waals surface area (Å²) in [6, 6.07) is 16.6. The second-order valence-electron chi connectivity index (χ2n) is 7.20. The Morgan fingerprint density at radius 3 is 2.21 bits per heavy atom. The third-order valence-corrected chi connectivity index (χ3v) is 5.65. The smallest absolute Gasteiger partial charge is 0.296 e. The zero-order chi connectivity index (χ0) is 19.7. The molecule has 1 saturated heterocycles. The molecule has 1 fully saturated rings. The molecule has 2 aromatic rings. The monoisotopic (exact) mass is 396 g/mol. The quantitative estimate of drug-likeness (QED) is 0.801. The maximum atomic E-state index is 12.9. The molecule has 0 aliphatic carbocycles. The van der Waals surface area contributed by atoms with Gasteiger partial charge in [0, 0.05) is 30.7 Å². The van der Waals surface area contributed by atoms with E-state index < -0.39 is 17.6 Å². The fourth-order valence-electron chi connectivity index (χ4n) is 3.92. The van der Waals surface area contributed by atoms with E-state index in [0.29, 0.717) is 23.4 Å². The minimum Gasteiger partial charge on any atom is -0.502 e. The van der Waals surface area contributed by atoms with Gasteiger partial charge < -0.3 is 5.11 Å². The van der Waals surface area contributed by atoms with Gasteiger partial charge in [-0.2, -0.15) is 0 Å². The Balaban J connectivity index is 1.44. The van der Waals surface area contributed by atoms with Crippen LogP contribution < -0.4 is 0 Å². The molecule has 6 heteroatoms. The molecule has 0 unspecified atom stereocenters. The van der Waals surface area contributed by atoms with Crippen LogP contribution >= 0.6 is 11.6 Å². The van der Waals surface area contributed by atoms with Gasteiger partial charge in [-0.05, 0) is 36.1 Å². The molecule has 0 radical (unpaired) electrons. The van der Waals surface area contributed by atoms with E-state index in [1.54, 1.807) is 24.3 Å². The largest absolute Gasteiger partial charge is 0.502 e. The average molecular weight is 397 g/mol. The molecule has 0 spiro atoms. The zero-order valence-corrected chi connectivity index (χ0v) is 16.1. The van der Waals surface area contributed by atoms with Crippen LogP contribution in [0.25, 0.3) is 5.57 Å². The minimum atomic E-state index is -0.601. The summed E-state index contributed by atoms with van der Waals surface area (Å²) in [7, 11) is 0. The molecule has 0 saturated carbocycles. The van der Waals surface area contributed by atoms with Gasteiger partial charge in [0.05, 0.1) is 5.57 Å². The lowest BCUT2D eigenvalue weighted by molar-refractivity contribution is -0.141. The number of halogens is 1. The Hall–Kier alpha value is -2.63. The van der Waals surface area contributed by atoms with Crippen LogP contribution in [0.4, 0.5) is 0 Å². The van der Waals surface area contributed by atoms with E-state index in [2.05, 4.69) is 17.0 Å². The third-order valence-electron chi connectivity index (χ3n) is 5.39. The van der Waals surface area contributed by atoms with Crippen molar-refractivity contribution in [2.45, 2.75) is 25.4 Å². The number of hydrogen-bond acceptors (Lipinski definition) is 4. The molecule has 2 heterocycles. The molecule has 0 atom stereocenters. The van der Waals surface area contributed by atoms with E-state index in [9.17, 15) is 14.7 Å². The number of aliphatic hydroxyl groups excluding tert-OH is 1.